The van der Waals surface area contributed by atoms with E-state index in [0.29, 0.717) is 30.6 Å². The second-order valence-corrected chi connectivity index (χ2v) is 6.18. The molecule has 0 fully saturated rings. The Morgan fingerprint density at radius 1 is 1.15 bits per heavy atom. The van der Waals surface area contributed by atoms with Crippen molar-refractivity contribution in [1.82, 2.24) is 14.9 Å². The highest BCUT2D eigenvalue weighted by Crippen LogP contribution is 2.32. The number of halogens is 1. The topological polar surface area (TPSA) is 69.5 Å². The van der Waals surface area contributed by atoms with Crippen LogP contribution in [0.1, 0.15) is 16.3 Å². The number of rotatable bonds is 6. The van der Waals surface area contributed by atoms with E-state index in [0.717, 1.165) is 15.8 Å². The first-order chi connectivity index (χ1) is 9.56. The average molecular weight is 316 g/mol. The van der Waals surface area contributed by atoms with Gasteiger partial charge in [0.2, 0.25) is 0 Å². The number of nitrogens with zero attached hydrogens (tertiary/aromatic N) is 3. The van der Waals surface area contributed by atoms with Gasteiger partial charge in [-0.2, -0.15) is 0 Å². The van der Waals surface area contributed by atoms with Gasteiger partial charge >= 0.3 is 0 Å². The van der Waals surface area contributed by atoms with Crippen molar-refractivity contribution in [3.8, 4) is 0 Å². The first-order valence-corrected chi connectivity index (χ1v) is 7.62. The fourth-order valence-electron chi connectivity index (χ4n) is 2.07. The lowest BCUT2D eigenvalue weighted by Gasteiger charge is -2.19. The Kier molecular flexibility index (Phi) is 5.29. The van der Waals surface area contributed by atoms with Crippen LogP contribution < -0.4 is 0 Å². The summed E-state index contributed by atoms with van der Waals surface area (Å²) in [6.07, 6.45) is 0. The second kappa shape index (κ2) is 6.78. The molecule has 0 radical (unpaired) electrons. The Hall–Kier alpha value is -0.790. The third-order valence-corrected chi connectivity index (χ3v) is 4.60. The van der Waals surface area contributed by atoms with Crippen molar-refractivity contribution in [2.45, 2.75) is 20.4 Å². The summed E-state index contributed by atoms with van der Waals surface area (Å²) >= 11 is 7.86. The van der Waals surface area contributed by atoms with E-state index in [1.165, 1.54) is 4.88 Å². The molecule has 0 aliphatic rings. The summed E-state index contributed by atoms with van der Waals surface area (Å²) in [7, 11) is 0. The highest BCUT2D eigenvalue weighted by Gasteiger charge is 2.14. The molecule has 0 aliphatic heterocycles. The first-order valence-electron chi connectivity index (χ1n) is 6.43. The molecule has 5 nitrogen and oxygen atoms in total. The van der Waals surface area contributed by atoms with Gasteiger partial charge in [0.05, 0.1) is 25.1 Å². The normalized spacial score (nSPS) is 11.7. The minimum absolute atomic E-state index is 0.0349. The first kappa shape index (κ1) is 15.6. The highest BCUT2D eigenvalue weighted by molar-refractivity contribution is 7.18. The number of aromatic nitrogens is 2. The molecule has 2 heterocycles. The molecule has 0 aromatic carbocycles. The van der Waals surface area contributed by atoms with Crippen molar-refractivity contribution in [3.63, 3.8) is 0 Å². The standard InChI is InChI=1S/C13H18ClN3O2S/c1-8-9(2)20-13-11(8)12(14)15-10(16-13)7-17(3-5-18)4-6-19/h18-19H,3-7H2,1-2H3. The fraction of sp³-hybridized carbons (Fsp3) is 0.538. The van der Waals surface area contributed by atoms with Gasteiger partial charge in [-0.05, 0) is 19.4 Å². The number of fused-ring (bicyclic) bond motifs is 1. The van der Waals surface area contributed by atoms with Gasteiger partial charge in [0.1, 0.15) is 15.8 Å². The van der Waals surface area contributed by atoms with Crippen LogP contribution >= 0.6 is 22.9 Å². The summed E-state index contributed by atoms with van der Waals surface area (Å²) in [5.41, 5.74) is 1.13. The molecule has 0 amide bonds. The van der Waals surface area contributed by atoms with E-state index < -0.39 is 0 Å². The Balaban J connectivity index is 2.31. The van der Waals surface area contributed by atoms with Gasteiger partial charge in [-0.15, -0.1) is 11.3 Å². The molecule has 2 N–H and O–H groups in total. The van der Waals surface area contributed by atoms with Crippen molar-refractivity contribution >= 4 is 33.2 Å². The van der Waals surface area contributed by atoms with Crippen molar-refractivity contribution < 1.29 is 10.2 Å². The summed E-state index contributed by atoms with van der Waals surface area (Å²) in [4.78, 5) is 12.9. The van der Waals surface area contributed by atoms with Gasteiger partial charge < -0.3 is 10.2 Å². The van der Waals surface area contributed by atoms with Crippen LogP contribution in [0.2, 0.25) is 5.15 Å². The lowest BCUT2D eigenvalue weighted by Crippen LogP contribution is -2.30. The summed E-state index contributed by atoms with van der Waals surface area (Å²) in [6, 6.07) is 0. The minimum Gasteiger partial charge on any atom is -0.395 e. The molecule has 0 saturated heterocycles. The molecule has 0 bridgehead atoms. The molecule has 20 heavy (non-hydrogen) atoms. The summed E-state index contributed by atoms with van der Waals surface area (Å²) in [5.74, 6) is 0.616. The van der Waals surface area contributed by atoms with Gasteiger partial charge in [-0.1, -0.05) is 11.6 Å². The molecule has 0 aliphatic carbocycles. The van der Waals surface area contributed by atoms with E-state index >= 15 is 0 Å². The molecular formula is C13H18ClN3O2S. The van der Waals surface area contributed by atoms with Crippen LogP contribution in [0.5, 0.6) is 0 Å². The number of hydrogen-bond acceptors (Lipinski definition) is 6. The van der Waals surface area contributed by atoms with Gasteiger partial charge in [0, 0.05) is 18.0 Å². The number of thiophene rings is 1. The van der Waals surface area contributed by atoms with Crippen LogP contribution in [0.4, 0.5) is 0 Å². The molecule has 0 spiro atoms. The minimum atomic E-state index is 0.0349. The van der Waals surface area contributed by atoms with E-state index in [-0.39, 0.29) is 13.2 Å². The predicted octanol–water partition coefficient (Wildman–Crippen LogP) is 1.75. The van der Waals surface area contributed by atoms with E-state index in [1.807, 2.05) is 18.7 Å². The highest BCUT2D eigenvalue weighted by atomic mass is 35.5. The number of aryl methyl sites for hydroxylation is 2. The predicted molar refractivity (Wildman–Crippen MR) is 81.3 cm³/mol. The number of hydrogen-bond donors (Lipinski definition) is 2. The van der Waals surface area contributed by atoms with Crippen molar-refractivity contribution in [1.29, 1.82) is 0 Å². The second-order valence-electron chi connectivity index (χ2n) is 4.62. The molecular weight excluding hydrogens is 298 g/mol. The quantitative estimate of drug-likeness (QED) is 0.795. The molecule has 0 atom stereocenters. The molecule has 110 valence electrons. The van der Waals surface area contributed by atoms with Crippen LogP contribution in [0.3, 0.4) is 0 Å². The Morgan fingerprint density at radius 3 is 2.40 bits per heavy atom. The summed E-state index contributed by atoms with van der Waals surface area (Å²) in [6.45, 7) is 5.55. The van der Waals surface area contributed by atoms with Gasteiger partial charge in [-0.3, -0.25) is 4.90 Å². The third-order valence-electron chi connectivity index (χ3n) is 3.23. The van der Waals surface area contributed by atoms with E-state index in [1.54, 1.807) is 11.3 Å². The maximum absolute atomic E-state index is 9.02. The molecule has 0 saturated carbocycles. The molecule has 7 heteroatoms. The SMILES string of the molecule is Cc1sc2nc(CN(CCO)CCO)nc(Cl)c2c1C. The van der Waals surface area contributed by atoms with Crippen LogP contribution in [0.25, 0.3) is 10.2 Å². The van der Waals surface area contributed by atoms with Crippen LogP contribution in [0, 0.1) is 13.8 Å². The van der Waals surface area contributed by atoms with Gasteiger partial charge in [0.15, 0.2) is 0 Å². The summed E-state index contributed by atoms with van der Waals surface area (Å²) < 4.78 is 0. The molecule has 2 rings (SSSR count). The van der Waals surface area contributed by atoms with Crippen LogP contribution in [0.15, 0.2) is 0 Å². The average Bonchev–Trinajstić information content (AvgIpc) is 2.66. The Labute approximate surface area is 126 Å². The zero-order valence-corrected chi connectivity index (χ0v) is 13.1. The van der Waals surface area contributed by atoms with Crippen LogP contribution in [-0.4, -0.2) is 51.4 Å². The smallest absolute Gasteiger partial charge is 0.145 e. The Morgan fingerprint density at radius 2 is 1.80 bits per heavy atom. The maximum atomic E-state index is 9.02. The van der Waals surface area contributed by atoms with Crippen LogP contribution in [-0.2, 0) is 6.54 Å². The monoisotopic (exact) mass is 315 g/mol. The zero-order chi connectivity index (χ0) is 14.7. The molecule has 2 aromatic heterocycles. The maximum Gasteiger partial charge on any atom is 0.145 e. The van der Waals surface area contributed by atoms with Crippen molar-refractivity contribution in [2.75, 3.05) is 26.3 Å². The van der Waals surface area contributed by atoms with E-state index in [9.17, 15) is 0 Å². The fourth-order valence-corrected chi connectivity index (χ4v) is 3.50. The summed E-state index contributed by atoms with van der Waals surface area (Å²) in [5, 5.41) is 19.4. The molecule has 0 unspecified atom stereocenters. The third kappa shape index (κ3) is 3.27. The van der Waals surface area contributed by atoms with Gasteiger partial charge in [0.25, 0.3) is 0 Å². The number of aliphatic hydroxyl groups is 2. The zero-order valence-electron chi connectivity index (χ0n) is 11.6. The Bertz CT molecular complexity index is 597. The lowest BCUT2D eigenvalue weighted by atomic mass is 10.2. The lowest BCUT2D eigenvalue weighted by molar-refractivity contribution is 0.153. The van der Waals surface area contributed by atoms with E-state index in [4.69, 9.17) is 21.8 Å². The molecule has 2 aromatic rings. The van der Waals surface area contributed by atoms with Crippen molar-refractivity contribution in [3.05, 3.63) is 21.4 Å². The largest absolute Gasteiger partial charge is 0.395 e. The van der Waals surface area contributed by atoms with E-state index in [2.05, 4.69) is 9.97 Å². The van der Waals surface area contributed by atoms with Crippen molar-refractivity contribution in [2.24, 2.45) is 0 Å². The number of aliphatic hydroxyl groups excluding tert-OH is 2. The van der Waals surface area contributed by atoms with Gasteiger partial charge in [-0.25, -0.2) is 9.97 Å².